The summed E-state index contributed by atoms with van der Waals surface area (Å²) < 4.78 is 12.1. The molecule has 1 aliphatic heterocycles. The van der Waals surface area contributed by atoms with Crippen LogP contribution in [0.1, 0.15) is 18.9 Å². The van der Waals surface area contributed by atoms with Gasteiger partial charge in [-0.15, -0.1) is 0 Å². The summed E-state index contributed by atoms with van der Waals surface area (Å²) in [5.41, 5.74) is 1.52. The molecule has 19 heavy (non-hydrogen) atoms. The second-order valence-electron chi connectivity index (χ2n) is 5.30. The maximum atomic E-state index is 5.79. The average Bonchev–Trinajstić information content (AvgIpc) is 2.72. The van der Waals surface area contributed by atoms with E-state index in [9.17, 15) is 0 Å². The molecule has 1 N–H and O–H groups in total. The minimum atomic E-state index is 0.197. The van der Waals surface area contributed by atoms with Crippen LogP contribution >= 0.6 is 15.9 Å². The summed E-state index contributed by atoms with van der Waals surface area (Å²) in [5.74, 6) is 0.877. The van der Waals surface area contributed by atoms with Crippen LogP contribution in [-0.4, -0.2) is 33.4 Å². The van der Waals surface area contributed by atoms with Crippen molar-refractivity contribution in [3.05, 3.63) is 28.2 Å². The number of ether oxygens (including phenoxy) is 2. The van der Waals surface area contributed by atoms with Crippen LogP contribution in [-0.2, 0) is 11.2 Å². The third-order valence-electron chi connectivity index (χ3n) is 4.13. The Bertz CT molecular complexity index is 438. The van der Waals surface area contributed by atoms with E-state index in [4.69, 9.17) is 9.47 Å². The quantitative estimate of drug-likeness (QED) is 0.901. The number of benzene rings is 1. The lowest BCUT2D eigenvalue weighted by Gasteiger charge is -2.32. The molecule has 1 fully saturated rings. The first-order chi connectivity index (χ1) is 9.11. The molecule has 0 radical (unpaired) electrons. The van der Waals surface area contributed by atoms with Crippen molar-refractivity contribution in [2.45, 2.75) is 25.9 Å². The highest BCUT2D eigenvalue weighted by Gasteiger charge is 2.40. The molecular weight excluding hydrogens is 306 g/mol. The van der Waals surface area contributed by atoms with E-state index < -0.39 is 0 Å². The number of hydrogen-bond donors (Lipinski definition) is 1. The van der Waals surface area contributed by atoms with Gasteiger partial charge in [-0.1, -0.05) is 6.07 Å². The standard InChI is InChI=1S/C15H22BrNO2/c1-11-15(10-17-2,6-7-19-11)9-12-4-5-14(18-3)13(16)8-12/h4-5,8,11,17H,6-7,9-10H2,1-3H3. The number of halogens is 1. The van der Waals surface area contributed by atoms with Crippen LogP contribution in [0.25, 0.3) is 0 Å². The summed E-state index contributed by atoms with van der Waals surface area (Å²) >= 11 is 3.56. The molecule has 0 bridgehead atoms. The molecule has 1 saturated heterocycles. The van der Waals surface area contributed by atoms with Gasteiger partial charge in [0.25, 0.3) is 0 Å². The lowest BCUT2D eigenvalue weighted by Crippen LogP contribution is -2.40. The highest BCUT2D eigenvalue weighted by atomic mass is 79.9. The molecule has 0 aliphatic carbocycles. The van der Waals surface area contributed by atoms with E-state index in [-0.39, 0.29) is 5.41 Å². The first-order valence-corrected chi connectivity index (χ1v) is 7.49. The molecule has 1 heterocycles. The minimum absolute atomic E-state index is 0.197. The molecule has 2 unspecified atom stereocenters. The zero-order valence-electron chi connectivity index (χ0n) is 11.8. The smallest absolute Gasteiger partial charge is 0.133 e. The third kappa shape index (κ3) is 3.12. The molecule has 0 saturated carbocycles. The maximum Gasteiger partial charge on any atom is 0.133 e. The largest absolute Gasteiger partial charge is 0.496 e. The molecule has 0 aromatic heterocycles. The van der Waals surface area contributed by atoms with Crippen molar-refractivity contribution in [2.75, 3.05) is 27.3 Å². The van der Waals surface area contributed by atoms with E-state index in [0.717, 1.165) is 36.2 Å². The molecule has 1 aromatic carbocycles. The third-order valence-corrected chi connectivity index (χ3v) is 4.75. The Morgan fingerprint density at radius 3 is 2.84 bits per heavy atom. The fraction of sp³-hybridized carbons (Fsp3) is 0.600. The monoisotopic (exact) mass is 327 g/mol. The van der Waals surface area contributed by atoms with Gasteiger partial charge in [-0.25, -0.2) is 0 Å². The predicted octanol–water partition coefficient (Wildman–Crippen LogP) is 3.01. The second-order valence-corrected chi connectivity index (χ2v) is 6.16. The van der Waals surface area contributed by atoms with Crippen LogP contribution in [0.4, 0.5) is 0 Å². The first-order valence-electron chi connectivity index (χ1n) is 6.70. The van der Waals surface area contributed by atoms with Crippen molar-refractivity contribution in [1.29, 1.82) is 0 Å². The number of hydrogen-bond acceptors (Lipinski definition) is 3. The summed E-state index contributed by atoms with van der Waals surface area (Å²) in [7, 11) is 3.70. The van der Waals surface area contributed by atoms with E-state index >= 15 is 0 Å². The molecule has 106 valence electrons. The maximum absolute atomic E-state index is 5.79. The van der Waals surface area contributed by atoms with Crippen molar-refractivity contribution < 1.29 is 9.47 Å². The fourth-order valence-corrected chi connectivity index (χ4v) is 3.51. The van der Waals surface area contributed by atoms with Crippen molar-refractivity contribution in [1.82, 2.24) is 5.32 Å². The molecular formula is C15H22BrNO2. The van der Waals surface area contributed by atoms with Crippen molar-refractivity contribution in [3.63, 3.8) is 0 Å². The summed E-state index contributed by atoms with van der Waals surface area (Å²) in [6, 6.07) is 6.32. The summed E-state index contributed by atoms with van der Waals surface area (Å²) in [5, 5.41) is 3.32. The van der Waals surface area contributed by atoms with Crippen molar-refractivity contribution in [2.24, 2.45) is 5.41 Å². The van der Waals surface area contributed by atoms with Gasteiger partial charge in [0.2, 0.25) is 0 Å². The number of methoxy groups -OCH3 is 1. The van der Waals surface area contributed by atoms with Crippen LogP contribution in [0, 0.1) is 5.41 Å². The predicted molar refractivity (Wildman–Crippen MR) is 80.8 cm³/mol. The topological polar surface area (TPSA) is 30.5 Å². The highest BCUT2D eigenvalue weighted by molar-refractivity contribution is 9.10. The van der Waals surface area contributed by atoms with E-state index in [1.54, 1.807) is 7.11 Å². The average molecular weight is 328 g/mol. The van der Waals surface area contributed by atoms with E-state index in [1.165, 1.54) is 5.56 Å². The minimum Gasteiger partial charge on any atom is -0.496 e. The molecule has 4 heteroatoms. The van der Waals surface area contributed by atoms with E-state index in [1.807, 2.05) is 13.1 Å². The molecule has 1 aliphatic rings. The second kappa shape index (κ2) is 6.25. The summed E-state index contributed by atoms with van der Waals surface area (Å²) in [6.45, 7) is 4.03. The lowest BCUT2D eigenvalue weighted by atomic mass is 9.76. The number of rotatable bonds is 5. The van der Waals surface area contributed by atoms with Gasteiger partial charge in [-0.05, 0) is 60.4 Å². The molecule has 0 spiro atoms. The van der Waals surface area contributed by atoms with Crippen molar-refractivity contribution >= 4 is 15.9 Å². The summed E-state index contributed by atoms with van der Waals surface area (Å²) in [6.07, 6.45) is 2.43. The molecule has 0 amide bonds. The van der Waals surface area contributed by atoms with Gasteiger partial charge in [-0.3, -0.25) is 0 Å². The Kier molecular flexibility index (Phi) is 4.87. The molecule has 3 nitrogen and oxygen atoms in total. The zero-order valence-corrected chi connectivity index (χ0v) is 13.4. The lowest BCUT2D eigenvalue weighted by molar-refractivity contribution is 0.0640. The van der Waals surface area contributed by atoms with Crippen LogP contribution < -0.4 is 10.1 Å². The first kappa shape index (κ1) is 14.8. The van der Waals surface area contributed by atoms with Gasteiger partial charge in [0.1, 0.15) is 5.75 Å². The Morgan fingerprint density at radius 2 is 2.32 bits per heavy atom. The Morgan fingerprint density at radius 1 is 1.53 bits per heavy atom. The van der Waals surface area contributed by atoms with Gasteiger partial charge in [-0.2, -0.15) is 0 Å². The fourth-order valence-electron chi connectivity index (χ4n) is 2.92. The van der Waals surface area contributed by atoms with Gasteiger partial charge >= 0.3 is 0 Å². The Labute approximate surface area is 123 Å². The Hall–Kier alpha value is -0.580. The van der Waals surface area contributed by atoms with Crippen LogP contribution in [0.5, 0.6) is 5.75 Å². The molecule has 1 aromatic rings. The SMILES string of the molecule is CNCC1(Cc2ccc(OC)c(Br)c2)CCOC1C. The number of nitrogens with one attached hydrogen (secondary N) is 1. The van der Waals surface area contributed by atoms with Crippen LogP contribution in [0.15, 0.2) is 22.7 Å². The Balaban J connectivity index is 2.20. The van der Waals surface area contributed by atoms with Gasteiger partial charge < -0.3 is 14.8 Å². The van der Waals surface area contributed by atoms with Gasteiger partial charge in [0.15, 0.2) is 0 Å². The van der Waals surface area contributed by atoms with E-state index in [2.05, 4.69) is 40.3 Å². The zero-order chi connectivity index (χ0) is 13.9. The van der Waals surface area contributed by atoms with Gasteiger partial charge in [0, 0.05) is 18.6 Å². The van der Waals surface area contributed by atoms with Crippen LogP contribution in [0.2, 0.25) is 0 Å². The normalized spacial score (nSPS) is 26.6. The molecule has 2 rings (SSSR count). The van der Waals surface area contributed by atoms with E-state index in [0.29, 0.717) is 6.10 Å². The summed E-state index contributed by atoms with van der Waals surface area (Å²) in [4.78, 5) is 0. The van der Waals surface area contributed by atoms with Crippen LogP contribution in [0.3, 0.4) is 0 Å². The van der Waals surface area contributed by atoms with Gasteiger partial charge in [0.05, 0.1) is 17.7 Å². The molecule has 2 atom stereocenters. The van der Waals surface area contributed by atoms with Crippen molar-refractivity contribution in [3.8, 4) is 5.75 Å². The highest BCUT2D eigenvalue weighted by Crippen LogP contribution is 2.38.